The molecule has 1 fully saturated rings. The zero-order valence-electron chi connectivity index (χ0n) is 10.5. The third-order valence-electron chi connectivity index (χ3n) is 2.65. The van der Waals surface area contributed by atoms with Crippen LogP contribution < -0.4 is 4.90 Å². The SMILES string of the molecule is C/C=C/C(=O)N1CC(=O)N(c2cc(Cl)cc(Cl)c2)C1=O. The van der Waals surface area contributed by atoms with Gasteiger partial charge in [0.2, 0.25) is 0 Å². The number of imide groups is 2. The fourth-order valence-corrected chi connectivity index (χ4v) is 2.34. The molecule has 1 aliphatic rings. The Morgan fingerprint density at radius 2 is 1.80 bits per heavy atom. The van der Waals surface area contributed by atoms with Crippen LogP contribution in [0.15, 0.2) is 30.4 Å². The van der Waals surface area contributed by atoms with Gasteiger partial charge in [-0.1, -0.05) is 29.3 Å². The average molecular weight is 313 g/mol. The van der Waals surface area contributed by atoms with E-state index < -0.39 is 17.8 Å². The zero-order chi connectivity index (χ0) is 14.9. The molecule has 4 amide bonds. The van der Waals surface area contributed by atoms with Gasteiger partial charge in [0.1, 0.15) is 6.54 Å². The number of nitrogens with zero attached hydrogens (tertiary/aromatic N) is 2. The molecule has 0 radical (unpaired) electrons. The smallest absolute Gasteiger partial charge is 0.272 e. The van der Waals surface area contributed by atoms with E-state index in [2.05, 4.69) is 0 Å². The minimum atomic E-state index is -0.712. The van der Waals surface area contributed by atoms with Crippen molar-refractivity contribution in [3.63, 3.8) is 0 Å². The van der Waals surface area contributed by atoms with Gasteiger partial charge in [-0.05, 0) is 31.2 Å². The third kappa shape index (κ3) is 2.69. The Balaban J connectivity index is 2.36. The van der Waals surface area contributed by atoms with E-state index in [0.29, 0.717) is 10.0 Å². The van der Waals surface area contributed by atoms with Crippen LogP contribution in [0.3, 0.4) is 0 Å². The lowest BCUT2D eigenvalue weighted by Gasteiger charge is -2.15. The van der Waals surface area contributed by atoms with Gasteiger partial charge in [-0.25, -0.2) is 9.69 Å². The Bertz CT molecular complexity index is 608. The summed E-state index contributed by atoms with van der Waals surface area (Å²) in [7, 11) is 0. The fourth-order valence-electron chi connectivity index (χ4n) is 1.83. The van der Waals surface area contributed by atoms with Gasteiger partial charge < -0.3 is 0 Å². The van der Waals surface area contributed by atoms with E-state index in [0.717, 1.165) is 9.80 Å². The first-order valence-electron chi connectivity index (χ1n) is 5.71. The zero-order valence-corrected chi connectivity index (χ0v) is 12.0. The summed E-state index contributed by atoms with van der Waals surface area (Å²) >= 11 is 11.7. The molecule has 1 saturated heterocycles. The number of rotatable bonds is 2. The monoisotopic (exact) mass is 312 g/mol. The number of hydrogen-bond acceptors (Lipinski definition) is 3. The van der Waals surface area contributed by atoms with Gasteiger partial charge in [0.25, 0.3) is 11.8 Å². The highest BCUT2D eigenvalue weighted by Crippen LogP contribution is 2.28. The molecule has 1 aromatic carbocycles. The second-order valence-corrected chi connectivity index (χ2v) is 4.94. The van der Waals surface area contributed by atoms with Crippen LogP contribution in [0, 0.1) is 0 Å². The summed E-state index contributed by atoms with van der Waals surface area (Å²) in [5, 5.41) is 0.595. The Labute approximate surface area is 125 Å². The summed E-state index contributed by atoms with van der Waals surface area (Å²) in [5.41, 5.74) is 0.244. The average Bonchev–Trinajstić information content (AvgIpc) is 2.64. The molecule has 2 rings (SSSR count). The van der Waals surface area contributed by atoms with Gasteiger partial charge in [-0.15, -0.1) is 0 Å². The van der Waals surface area contributed by atoms with E-state index in [9.17, 15) is 14.4 Å². The van der Waals surface area contributed by atoms with E-state index >= 15 is 0 Å². The normalized spacial score (nSPS) is 15.6. The molecule has 0 unspecified atom stereocenters. The van der Waals surface area contributed by atoms with Gasteiger partial charge in [-0.2, -0.15) is 0 Å². The van der Waals surface area contributed by atoms with Crippen LogP contribution in [0.1, 0.15) is 6.92 Å². The summed E-state index contributed by atoms with van der Waals surface area (Å²) in [6.07, 6.45) is 2.72. The number of hydrogen-bond donors (Lipinski definition) is 0. The van der Waals surface area contributed by atoms with Gasteiger partial charge in [-0.3, -0.25) is 14.5 Å². The van der Waals surface area contributed by atoms with Crippen molar-refractivity contribution in [2.75, 3.05) is 11.4 Å². The molecule has 1 heterocycles. The van der Waals surface area contributed by atoms with Crippen LogP contribution >= 0.6 is 23.2 Å². The summed E-state index contributed by atoms with van der Waals surface area (Å²) in [5.74, 6) is -1.05. The number of carbonyl (C=O) groups excluding carboxylic acids is 3. The van der Waals surface area contributed by atoms with Crippen LogP contribution in [-0.2, 0) is 9.59 Å². The quantitative estimate of drug-likeness (QED) is 0.623. The lowest BCUT2D eigenvalue weighted by atomic mass is 10.3. The largest absolute Gasteiger partial charge is 0.338 e. The number of halogens is 2. The number of carbonyl (C=O) groups is 3. The molecular formula is C13H10Cl2N2O3. The highest BCUT2D eigenvalue weighted by Gasteiger charge is 2.40. The third-order valence-corrected chi connectivity index (χ3v) is 3.08. The molecule has 7 heteroatoms. The number of anilines is 1. The second kappa shape index (κ2) is 5.64. The lowest BCUT2D eigenvalue weighted by Crippen LogP contribution is -2.35. The van der Waals surface area contributed by atoms with Crippen LogP contribution in [0.5, 0.6) is 0 Å². The summed E-state index contributed by atoms with van der Waals surface area (Å²) in [6, 6.07) is 3.65. The fraction of sp³-hybridized carbons (Fsp3) is 0.154. The Hall–Kier alpha value is -1.85. The van der Waals surface area contributed by atoms with Gasteiger partial charge in [0.15, 0.2) is 0 Å². The Kier molecular flexibility index (Phi) is 4.11. The van der Waals surface area contributed by atoms with Crippen molar-refractivity contribution in [1.29, 1.82) is 0 Å². The van der Waals surface area contributed by atoms with Crippen molar-refractivity contribution in [3.8, 4) is 0 Å². The summed E-state index contributed by atoms with van der Waals surface area (Å²) in [4.78, 5) is 37.5. The molecule has 1 aliphatic heterocycles. The molecule has 20 heavy (non-hydrogen) atoms. The molecular weight excluding hydrogens is 303 g/mol. The second-order valence-electron chi connectivity index (χ2n) is 4.06. The Morgan fingerprint density at radius 1 is 1.20 bits per heavy atom. The van der Waals surface area contributed by atoms with Crippen molar-refractivity contribution < 1.29 is 14.4 Å². The molecule has 0 saturated carbocycles. The Morgan fingerprint density at radius 3 is 2.35 bits per heavy atom. The predicted octanol–water partition coefficient (Wildman–Crippen LogP) is 2.86. The molecule has 0 bridgehead atoms. The molecule has 1 aromatic rings. The van der Waals surface area contributed by atoms with Gasteiger partial charge in [0, 0.05) is 10.0 Å². The van der Waals surface area contributed by atoms with Crippen LogP contribution in [0.2, 0.25) is 10.0 Å². The number of benzene rings is 1. The van der Waals surface area contributed by atoms with Crippen LogP contribution in [0.25, 0.3) is 0 Å². The highest BCUT2D eigenvalue weighted by molar-refractivity contribution is 6.35. The number of allylic oxidation sites excluding steroid dienone is 1. The topological polar surface area (TPSA) is 57.7 Å². The van der Waals surface area contributed by atoms with Crippen molar-refractivity contribution in [1.82, 2.24) is 4.90 Å². The maximum atomic E-state index is 12.1. The van der Waals surface area contributed by atoms with Gasteiger partial charge >= 0.3 is 6.03 Å². The maximum Gasteiger partial charge on any atom is 0.338 e. The molecule has 104 valence electrons. The number of amides is 4. The highest BCUT2D eigenvalue weighted by atomic mass is 35.5. The van der Waals surface area contributed by atoms with Crippen molar-refractivity contribution in [2.45, 2.75) is 6.92 Å². The van der Waals surface area contributed by atoms with Crippen molar-refractivity contribution in [3.05, 3.63) is 40.4 Å². The molecule has 0 N–H and O–H groups in total. The number of urea groups is 1. The molecule has 0 aromatic heterocycles. The predicted molar refractivity (Wildman–Crippen MR) is 75.9 cm³/mol. The van der Waals surface area contributed by atoms with Crippen LogP contribution in [-0.4, -0.2) is 29.3 Å². The lowest BCUT2D eigenvalue weighted by molar-refractivity contribution is -0.125. The van der Waals surface area contributed by atoms with E-state index in [1.165, 1.54) is 30.4 Å². The van der Waals surface area contributed by atoms with E-state index in [4.69, 9.17) is 23.2 Å². The summed E-state index contributed by atoms with van der Waals surface area (Å²) in [6.45, 7) is 1.35. The van der Waals surface area contributed by atoms with E-state index in [-0.39, 0.29) is 12.2 Å². The van der Waals surface area contributed by atoms with Crippen molar-refractivity contribution in [2.24, 2.45) is 0 Å². The van der Waals surface area contributed by atoms with E-state index in [1.807, 2.05) is 0 Å². The first kappa shape index (κ1) is 14.6. The van der Waals surface area contributed by atoms with E-state index in [1.54, 1.807) is 6.92 Å². The molecule has 5 nitrogen and oxygen atoms in total. The first-order valence-corrected chi connectivity index (χ1v) is 6.47. The maximum absolute atomic E-state index is 12.1. The standard InChI is InChI=1S/C13H10Cl2N2O3/c1-2-3-11(18)16-7-12(19)17(13(16)20)10-5-8(14)4-9(15)6-10/h2-6H,7H2,1H3/b3-2+. The molecule has 0 spiro atoms. The summed E-state index contributed by atoms with van der Waals surface area (Å²) < 4.78 is 0. The first-order chi connectivity index (χ1) is 9.43. The minimum Gasteiger partial charge on any atom is -0.272 e. The van der Waals surface area contributed by atoms with Crippen molar-refractivity contribution >= 4 is 46.7 Å². The molecule has 0 atom stereocenters. The van der Waals surface area contributed by atoms with Gasteiger partial charge in [0.05, 0.1) is 5.69 Å². The molecule has 0 aliphatic carbocycles. The minimum absolute atomic E-state index is 0.244. The van der Waals surface area contributed by atoms with Crippen LogP contribution in [0.4, 0.5) is 10.5 Å².